The van der Waals surface area contributed by atoms with Gasteiger partial charge in [0.05, 0.1) is 17.6 Å². The summed E-state index contributed by atoms with van der Waals surface area (Å²) in [7, 11) is 0. The van der Waals surface area contributed by atoms with Gasteiger partial charge in [-0.05, 0) is 87.2 Å². The Balaban J connectivity index is 0.927. The van der Waals surface area contributed by atoms with E-state index in [4.69, 9.17) is 9.15 Å². The fourth-order valence-corrected chi connectivity index (χ4v) is 7.06. The third-order valence-electron chi connectivity index (χ3n) is 9.98. The third kappa shape index (κ3) is 8.70. The minimum absolute atomic E-state index is 0.0306. The van der Waals surface area contributed by atoms with Crippen molar-refractivity contribution in [3.05, 3.63) is 96.0 Å². The van der Waals surface area contributed by atoms with Crippen LogP contribution in [0.25, 0.3) is 33.1 Å². The van der Waals surface area contributed by atoms with E-state index in [2.05, 4.69) is 25.5 Å². The standard InChI is InChI=1S/C42H45N7O7/c1-42(2,3)56-41(54)48-23-21-47(22-24-48)20-18-44-38(52)28-12-10-27(11-13-28)29-14-15-32-31(25-29)30(16-17-43-32)39(53)45-26-36(50)49-19-6-8-34(49)37(51)40-46-33-7-4-5-9-35(33)55-40/h4-5,7,9-17,25,34H,6,8,18-24,26H2,1-3H3,(H,44,52)(H,45,53)/t34-/m0/s1. The second kappa shape index (κ2) is 16.3. The van der Waals surface area contributed by atoms with E-state index in [-0.39, 0.29) is 36.1 Å². The van der Waals surface area contributed by atoms with Gasteiger partial charge in [0.25, 0.3) is 17.7 Å². The van der Waals surface area contributed by atoms with Gasteiger partial charge in [0.2, 0.25) is 11.7 Å². The summed E-state index contributed by atoms with van der Waals surface area (Å²) >= 11 is 0. The number of fused-ring (bicyclic) bond motifs is 2. The highest BCUT2D eigenvalue weighted by Gasteiger charge is 2.37. The number of carbonyl (C=O) groups excluding carboxylic acids is 5. The molecule has 0 radical (unpaired) electrons. The van der Waals surface area contributed by atoms with E-state index in [9.17, 15) is 24.0 Å². The number of piperazine rings is 1. The van der Waals surface area contributed by atoms with Gasteiger partial charge in [0.1, 0.15) is 17.2 Å². The molecule has 2 N–H and O–H groups in total. The molecular weight excluding hydrogens is 715 g/mol. The summed E-state index contributed by atoms with van der Waals surface area (Å²) in [4.78, 5) is 79.6. The Morgan fingerprint density at radius 3 is 2.34 bits per heavy atom. The second-order valence-corrected chi connectivity index (χ2v) is 15.0. The van der Waals surface area contributed by atoms with Crippen molar-refractivity contribution < 1.29 is 33.1 Å². The molecule has 0 spiro atoms. The van der Waals surface area contributed by atoms with E-state index in [0.717, 1.165) is 11.1 Å². The molecule has 2 aromatic heterocycles. The number of rotatable bonds is 10. The van der Waals surface area contributed by atoms with Crippen molar-refractivity contribution in [2.24, 2.45) is 0 Å². The van der Waals surface area contributed by atoms with Crippen LogP contribution >= 0.6 is 0 Å². The number of benzene rings is 3. The first-order chi connectivity index (χ1) is 26.9. The van der Waals surface area contributed by atoms with Crippen LogP contribution in [0.1, 0.15) is 65.0 Å². The Hall–Kier alpha value is -6.15. The van der Waals surface area contributed by atoms with E-state index < -0.39 is 17.6 Å². The van der Waals surface area contributed by atoms with Crippen LogP contribution in [0.5, 0.6) is 0 Å². The van der Waals surface area contributed by atoms with Gasteiger partial charge in [-0.2, -0.15) is 0 Å². The summed E-state index contributed by atoms with van der Waals surface area (Å²) in [5, 5.41) is 6.33. The number of nitrogens with zero attached hydrogens (tertiary/aromatic N) is 5. The summed E-state index contributed by atoms with van der Waals surface area (Å²) in [5.74, 6) is -1.39. The Morgan fingerprint density at radius 2 is 1.59 bits per heavy atom. The molecule has 2 fully saturated rings. The predicted molar refractivity (Wildman–Crippen MR) is 209 cm³/mol. The topological polar surface area (TPSA) is 167 Å². The second-order valence-electron chi connectivity index (χ2n) is 15.0. The molecule has 1 atom stereocenters. The molecule has 2 aliphatic rings. The zero-order valence-corrected chi connectivity index (χ0v) is 31.7. The Morgan fingerprint density at radius 1 is 0.839 bits per heavy atom. The van der Waals surface area contributed by atoms with Crippen LogP contribution in [-0.2, 0) is 9.53 Å². The number of ether oxygens (including phenoxy) is 1. The molecule has 290 valence electrons. The van der Waals surface area contributed by atoms with Gasteiger partial charge in [-0.15, -0.1) is 0 Å². The molecule has 0 aliphatic carbocycles. The maximum absolute atomic E-state index is 13.5. The van der Waals surface area contributed by atoms with Crippen molar-refractivity contribution in [3.63, 3.8) is 0 Å². The van der Waals surface area contributed by atoms with Gasteiger partial charge < -0.3 is 29.6 Å². The molecule has 0 bridgehead atoms. The number of nitrogens with one attached hydrogen (secondary N) is 2. The molecule has 0 saturated carbocycles. The number of hydrogen-bond acceptors (Lipinski definition) is 10. The monoisotopic (exact) mass is 759 g/mol. The lowest BCUT2D eigenvalue weighted by atomic mass is 9.99. The molecule has 2 saturated heterocycles. The number of hydrogen-bond donors (Lipinski definition) is 2. The van der Waals surface area contributed by atoms with Crippen molar-refractivity contribution in [2.45, 2.75) is 45.3 Å². The van der Waals surface area contributed by atoms with E-state index in [1.807, 2.05) is 57.2 Å². The number of para-hydroxylation sites is 2. The van der Waals surface area contributed by atoms with Crippen LogP contribution in [0.4, 0.5) is 4.79 Å². The summed E-state index contributed by atoms with van der Waals surface area (Å²) in [6, 6.07) is 20.8. The van der Waals surface area contributed by atoms with Gasteiger partial charge in [-0.1, -0.05) is 30.3 Å². The summed E-state index contributed by atoms with van der Waals surface area (Å²) in [6.07, 6.45) is 2.38. The third-order valence-corrected chi connectivity index (χ3v) is 9.98. The van der Waals surface area contributed by atoms with E-state index in [1.165, 1.54) is 4.90 Å². The maximum atomic E-state index is 13.5. The highest BCUT2D eigenvalue weighted by atomic mass is 16.6. The van der Waals surface area contributed by atoms with Crippen LogP contribution in [-0.4, -0.2) is 118 Å². The molecule has 4 heterocycles. The molecule has 14 nitrogen and oxygen atoms in total. The zero-order valence-electron chi connectivity index (χ0n) is 31.7. The van der Waals surface area contributed by atoms with Gasteiger partial charge in [0.15, 0.2) is 5.58 Å². The Kier molecular flexibility index (Phi) is 11.1. The lowest BCUT2D eigenvalue weighted by Gasteiger charge is -2.35. The molecule has 7 rings (SSSR count). The minimum atomic E-state index is -0.714. The van der Waals surface area contributed by atoms with Crippen molar-refractivity contribution >= 4 is 51.6 Å². The molecule has 3 aromatic carbocycles. The predicted octanol–water partition coefficient (Wildman–Crippen LogP) is 4.93. The molecule has 5 aromatic rings. The van der Waals surface area contributed by atoms with E-state index >= 15 is 0 Å². The Bertz CT molecular complexity index is 2240. The normalized spacial score (nSPS) is 16.2. The lowest BCUT2D eigenvalue weighted by molar-refractivity contribution is -0.130. The fraction of sp³-hybridized carbons (Fsp3) is 0.357. The first kappa shape index (κ1) is 38.1. The Labute approximate surface area is 324 Å². The van der Waals surface area contributed by atoms with Crippen LogP contribution in [0.2, 0.25) is 0 Å². The molecular formula is C42H45N7O7. The zero-order chi connectivity index (χ0) is 39.4. The highest BCUT2D eigenvalue weighted by Crippen LogP contribution is 2.27. The highest BCUT2D eigenvalue weighted by molar-refractivity contribution is 6.08. The van der Waals surface area contributed by atoms with Crippen molar-refractivity contribution in [3.8, 4) is 11.1 Å². The minimum Gasteiger partial charge on any atom is -0.444 e. The molecule has 56 heavy (non-hydrogen) atoms. The van der Waals surface area contributed by atoms with Gasteiger partial charge in [-0.25, -0.2) is 9.78 Å². The first-order valence-electron chi connectivity index (χ1n) is 18.9. The summed E-state index contributed by atoms with van der Waals surface area (Å²) in [5.41, 5.74) is 3.70. The number of Topliss-reactive ketones (excluding diaryl/α,β-unsaturated/α-hetero) is 1. The van der Waals surface area contributed by atoms with Crippen LogP contribution in [0.15, 0.2) is 83.4 Å². The summed E-state index contributed by atoms with van der Waals surface area (Å²) < 4.78 is 11.1. The van der Waals surface area contributed by atoms with Crippen molar-refractivity contribution in [2.75, 3.05) is 52.4 Å². The number of amides is 4. The SMILES string of the molecule is CC(C)(C)OC(=O)N1CCN(CCNC(=O)c2ccc(-c3ccc4nccc(C(=O)NCC(=O)N5CCC[C@H]5C(=O)c5nc6ccccc6o5)c4c3)cc2)CC1. The number of carbonyl (C=O) groups is 5. The molecule has 4 amide bonds. The smallest absolute Gasteiger partial charge is 0.410 e. The van der Waals surface area contributed by atoms with Gasteiger partial charge >= 0.3 is 6.09 Å². The van der Waals surface area contributed by atoms with Crippen LogP contribution < -0.4 is 10.6 Å². The number of pyridine rings is 1. The average Bonchev–Trinajstić information content (AvgIpc) is 3.87. The van der Waals surface area contributed by atoms with E-state index in [0.29, 0.717) is 91.8 Å². The average molecular weight is 760 g/mol. The van der Waals surface area contributed by atoms with Gasteiger partial charge in [-0.3, -0.25) is 29.1 Å². The van der Waals surface area contributed by atoms with Crippen LogP contribution in [0.3, 0.4) is 0 Å². The lowest BCUT2D eigenvalue weighted by Crippen LogP contribution is -2.51. The number of aromatic nitrogens is 2. The fourth-order valence-electron chi connectivity index (χ4n) is 7.06. The number of oxazole rings is 1. The maximum Gasteiger partial charge on any atom is 0.410 e. The van der Waals surface area contributed by atoms with Crippen molar-refractivity contribution in [1.29, 1.82) is 0 Å². The van der Waals surface area contributed by atoms with E-state index in [1.54, 1.807) is 47.5 Å². The number of ketones is 1. The molecule has 2 aliphatic heterocycles. The molecule has 0 unspecified atom stereocenters. The summed E-state index contributed by atoms with van der Waals surface area (Å²) in [6.45, 7) is 9.37. The van der Waals surface area contributed by atoms with Crippen LogP contribution in [0, 0.1) is 0 Å². The number of likely N-dealkylation sites (tertiary alicyclic amines) is 1. The van der Waals surface area contributed by atoms with Crippen molar-refractivity contribution in [1.82, 2.24) is 35.3 Å². The quantitative estimate of drug-likeness (QED) is 0.187. The largest absolute Gasteiger partial charge is 0.444 e. The molecule has 14 heteroatoms. The van der Waals surface area contributed by atoms with Gasteiger partial charge in [0, 0.05) is 63.0 Å². The first-order valence-corrected chi connectivity index (χ1v) is 18.9.